The molecule has 0 aliphatic rings. The molecular weight excluding hydrogens is 432 g/mol. The number of thioether (sulfide) groups is 1. The molecule has 1 heterocycles. The van der Waals surface area contributed by atoms with Gasteiger partial charge in [-0.3, -0.25) is 9.59 Å². The molecule has 0 aliphatic carbocycles. The molecule has 2 amide bonds. The zero-order valence-electron chi connectivity index (χ0n) is 18.6. The van der Waals surface area contributed by atoms with Crippen molar-refractivity contribution in [3.63, 3.8) is 0 Å². The zero-order valence-corrected chi connectivity index (χ0v) is 19.4. The normalized spacial score (nSPS) is 11.0. The van der Waals surface area contributed by atoms with Gasteiger partial charge in [-0.1, -0.05) is 48.2 Å². The highest BCUT2D eigenvalue weighted by Gasteiger charge is 2.09. The molecular formula is C26H26N4O2S. The first-order valence-corrected chi connectivity index (χ1v) is 11.8. The molecule has 0 radical (unpaired) electrons. The molecule has 0 fully saturated rings. The summed E-state index contributed by atoms with van der Waals surface area (Å²) in [6.07, 6.45) is 0.319. The first-order valence-electron chi connectivity index (χ1n) is 10.8. The van der Waals surface area contributed by atoms with E-state index < -0.39 is 0 Å². The van der Waals surface area contributed by atoms with Crippen molar-refractivity contribution in [1.82, 2.24) is 15.3 Å². The first kappa shape index (κ1) is 22.6. The molecule has 33 heavy (non-hydrogen) atoms. The van der Waals surface area contributed by atoms with Gasteiger partial charge in [-0.15, -0.1) is 0 Å². The third kappa shape index (κ3) is 6.23. The van der Waals surface area contributed by atoms with E-state index in [1.807, 2.05) is 86.6 Å². The molecule has 168 valence electrons. The van der Waals surface area contributed by atoms with Crippen LogP contribution in [0.1, 0.15) is 35.3 Å². The van der Waals surface area contributed by atoms with E-state index in [2.05, 4.69) is 20.6 Å². The van der Waals surface area contributed by atoms with Crippen molar-refractivity contribution < 1.29 is 9.59 Å². The number of aromatic nitrogens is 2. The van der Waals surface area contributed by atoms with Gasteiger partial charge in [0.1, 0.15) is 0 Å². The minimum atomic E-state index is -0.170. The SMILES string of the molecule is CC(C)NC(=O)Cc1ccc(NC(=O)c2ccc(CSc3nc4ccccc4[nH]3)cc2)cc1. The first-order chi connectivity index (χ1) is 16.0. The molecule has 0 aliphatic heterocycles. The van der Waals surface area contributed by atoms with Crippen molar-refractivity contribution in [2.24, 2.45) is 0 Å². The largest absolute Gasteiger partial charge is 0.354 e. The van der Waals surface area contributed by atoms with Crippen molar-refractivity contribution in [2.75, 3.05) is 5.32 Å². The standard InChI is InChI=1S/C26H26N4O2S/c1-17(2)27-24(31)15-18-9-13-21(14-10-18)28-25(32)20-11-7-19(8-12-20)16-33-26-29-22-5-3-4-6-23(22)30-26/h3-14,17H,15-16H2,1-2H3,(H,27,31)(H,28,32)(H,29,30). The van der Waals surface area contributed by atoms with Crippen LogP contribution >= 0.6 is 11.8 Å². The number of hydrogen-bond donors (Lipinski definition) is 3. The van der Waals surface area contributed by atoms with Crippen LogP contribution in [0.2, 0.25) is 0 Å². The minimum absolute atomic E-state index is 0.0136. The summed E-state index contributed by atoms with van der Waals surface area (Å²) < 4.78 is 0. The van der Waals surface area contributed by atoms with Gasteiger partial charge in [0.25, 0.3) is 5.91 Å². The van der Waals surface area contributed by atoms with E-state index >= 15 is 0 Å². The van der Waals surface area contributed by atoms with E-state index in [0.29, 0.717) is 17.7 Å². The van der Waals surface area contributed by atoms with Crippen LogP contribution in [-0.2, 0) is 17.0 Å². The quantitative estimate of drug-likeness (QED) is 0.318. The molecule has 0 atom stereocenters. The van der Waals surface area contributed by atoms with Crippen LogP contribution in [0.15, 0.2) is 78.0 Å². The van der Waals surface area contributed by atoms with Gasteiger partial charge in [-0.2, -0.15) is 0 Å². The number of H-pyrrole nitrogens is 1. The van der Waals surface area contributed by atoms with Gasteiger partial charge in [-0.25, -0.2) is 4.98 Å². The molecule has 1 aromatic heterocycles. The average Bonchev–Trinajstić information content (AvgIpc) is 3.22. The fourth-order valence-corrected chi connectivity index (χ4v) is 4.21. The summed E-state index contributed by atoms with van der Waals surface area (Å²) in [5.74, 6) is 0.574. The molecule has 0 saturated carbocycles. The number of imidazole rings is 1. The Kier molecular flexibility index (Phi) is 7.10. The average molecular weight is 459 g/mol. The third-order valence-electron chi connectivity index (χ3n) is 4.99. The van der Waals surface area contributed by atoms with E-state index in [1.165, 1.54) is 0 Å². The number of anilines is 1. The van der Waals surface area contributed by atoms with Crippen LogP contribution < -0.4 is 10.6 Å². The molecule has 0 spiro atoms. The Morgan fingerprint density at radius 1 is 0.939 bits per heavy atom. The summed E-state index contributed by atoms with van der Waals surface area (Å²) >= 11 is 1.63. The monoisotopic (exact) mass is 458 g/mol. The Bertz CT molecular complexity index is 1210. The van der Waals surface area contributed by atoms with E-state index in [-0.39, 0.29) is 17.9 Å². The minimum Gasteiger partial charge on any atom is -0.354 e. The lowest BCUT2D eigenvalue weighted by atomic mass is 10.1. The summed E-state index contributed by atoms with van der Waals surface area (Å²) in [6, 6.07) is 23.0. The summed E-state index contributed by atoms with van der Waals surface area (Å²) in [6.45, 7) is 3.87. The second-order valence-corrected chi connectivity index (χ2v) is 9.06. The van der Waals surface area contributed by atoms with E-state index in [4.69, 9.17) is 0 Å². The molecule has 4 rings (SSSR count). The van der Waals surface area contributed by atoms with Crippen molar-refractivity contribution in [3.05, 3.63) is 89.5 Å². The number of nitrogens with zero attached hydrogens (tertiary/aromatic N) is 1. The summed E-state index contributed by atoms with van der Waals surface area (Å²) in [5, 5.41) is 6.65. The maximum Gasteiger partial charge on any atom is 0.255 e. The van der Waals surface area contributed by atoms with Crippen LogP contribution in [0.25, 0.3) is 11.0 Å². The number of carbonyl (C=O) groups excluding carboxylic acids is 2. The molecule has 7 heteroatoms. The van der Waals surface area contributed by atoms with Crippen molar-refractivity contribution in [3.8, 4) is 0 Å². The van der Waals surface area contributed by atoms with E-state index in [1.54, 1.807) is 11.8 Å². The van der Waals surface area contributed by atoms with Crippen LogP contribution in [0, 0.1) is 0 Å². The fourth-order valence-electron chi connectivity index (χ4n) is 3.37. The van der Waals surface area contributed by atoms with Crippen molar-refractivity contribution in [2.45, 2.75) is 37.2 Å². The van der Waals surface area contributed by atoms with Crippen LogP contribution in [0.3, 0.4) is 0 Å². The van der Waals surface area contributed by atoms with Gasteiger partial charge < -0.3 is 15.6 Å². The van der Waals surface area contributed by atoms with Gasteiger partial charge in [0, 0.05) is 23.0 Å². The lowest BCUT2D eigenvalue weighted by molar-refractivity contribution is -0.120. The number of fused-ring (bicyclic) bond motifs is 1. The maximum atomic E-state index is 12.6. The highest BCUT2D eigenvalue weighted by molar-refractivity contribution is 7.98. The number of nitrogens with one attached hydrogen (secondary N) is 3. The van der Waals surface area contributed by atoms with Gasteiger partial charge in [-0.05, 0) is 61.4 Å². The number of benzene rings is 3. The smallest absolute Gasteiger partial charge is 0.255 e. The zero-order chi connectivity index (χ0) is 23.2. The Balaban J connectivity index is 1.30. The molecule has 6 nitrogen and oxygen atoms in total. The van der Waals surface area contributed by atoms with E-state index in [0.717, 1.165) is 33.1 Å². The van der Waals surface area contributed by atoms with E-state index in [9.17, 15) is 9.59 Å². The second-order valence-electron chi connectivity index (χ2n) is 8.09. The van der Waals surface area contributed by atoms with Gasteiger partial charge in [0.2, 0.25) is 5.91 Å². The Labute approximate surface area is 197 Å². The number of para-hydroxylation sites is 2. The predicted molar refractivity (Wildman–Crippen MR) is 133 cm³/mol. The third-order valence-corrected chi connectivity index (χ3v) is 5.93. The van der Waals surface area contributed by atoms with Crippen molar-refractivity contribution >= 4 is 40.3 Å². The molecule has 3 N–H and O–H groups in total. The topological polar surface area (TPSA) is 86.9 Å². The molecule has 4 aromatic rings. The Morgan fingerprint density at radius 2 is 1.64 bits per heavy atom. The Hall–Kier alpha value is -3.58. The number of rotatable bonds is 8. The number of aromatic amines is 1. The lowest BCUT2D eigenvalue weighted by Crippen LogP contribution is -2.31. The summed E-state index contributed by atoms with van der Waals surface area (Å²) in [5.41, 5.74) is 5.28. The summed E-state index contributed by atoms with van der Waals surface area (Å²) in [7, 11) is 0. The Morgan fingerprint density at radius 3 is 2.33 bits per heavy atom. The van der Waals surface area contributed by atoms with Gasteiger partial charge >= 0.3 is 0 Å². The van der Waals surface area contributed by atoms with Crippen molar-refractivity contribution in [1.29, 1.82) is 0 Å². The predicted octanol–water partition coefficient (Wildman–Crippen LogP) is 5.17. The highest BCUT2D eigenvalue weighted by Crippen LogP contribution is 2.23. The van der Waals surface area contributed by atoms with Gasteiger partial charge in [0.05, 0.1) is 17.5 Å². The number of hydrogen-bond acceptors (Lipinski definition) is 4. The van der Waals surface area contributed by atoms with Gasteiger partial charge in [0.15, 0.2) is 5.16 Å². The molecule has 0 saturated heterocycles. The lowest BCUT2D eigenvalue weighted by Gasteiger charge is -2.09. The van der Waals surface area contributed by atoms with Crippen LogP contribution in [0.5, 0.6) is 0 Å². The molecule has 0 unspecified atom stereocenters. The molecule has 0 bridgehead atoms. The summed E-state index contributed by atoms with van der Waals surface area (Å²) in [4.78, 5) is 32.4. The maximum absolute atomic E-state index is 12.6. The van der Waals surface area contributed by atoms with Crippen LogP contribution in [0.4, 0.5) is 5.69 Å². The second kappa shape index (κ2) is 10.4. The number of amides is 2. The highest BCUT2D eigenvalue weighted by atomic mass is 32.2. The van der Waals surface area contributed by atoms with Crippen LogP contribution in [-0.4, -0.2) is 27.8 Å². The number of carbonyl (C=O) groups is 2. The molecule has 3 aromatic carbocycles. The fraction of sp³-hybridized carbons (Fsp3) is 0.192.